The molecular formula is C41H39N3O7. The van der Waals surface area contributed by atoms with E-state index < -0.39 is 35.7 Å². The standard InChI is InChI=1S/C41H39N3O7/c1-41(2,3)51-40(48)44-32(38(46)43-33(39(47)49-4)23-28-24-42-31-18-12-11-17-29(28)31)22-25-19-20-34-30(21-25)36(45)35(26-13-7-5-8-14-26)37(50-34)27-15-9-6-10-16-27/h5-21,24,32-33,42H,22-23H2,1-4H3,(H,43,46)(H,44,48)/t32-,33-/m0/s1. The molecule has 2 atom stereocenters. The summed E-state index contributed by atoms with van der Waals surface area (Å²) in [7, 11) is 1.25. The van der Waals surface area contributed by atoms with E-state index in [4.69, 9.17) is 13.9 Å². The Labute approximate surface area is 294 Å². The van der Waals surface area contributed by atoms with Crippen LogP contribution in [0.2, 0.25) is 0 Å². The molecule has 10 nitrogen and oxygen atoms in total. The topological polar surface area (TPSA) is 140 Å². The average Bonchev–Trinajstić information content (AvgIpc) is 3.53. The van der Waals surface area contributed by atoms with Crippen molar-refractivity contribution < 1.29 is 28.3 Å². The maximum Gasteiger partial charge on any atom is 0.408 e. The molecule has 6 aromatic rings. The van der Waals surface area contributed by atoms with Crippen molar-refractivity contribution in [1.29, 1.82) is 0 Å². The lowest BCUT2D eigenvalue weighted by atomic mass is 9.97. The molecule has 4 aromatic carbocycles. The lowest BCUT2D eigenvalue weighted by Gasteiger charge is -2.25. The number of aromatic amines is 1. The van der Waals surface area contributed by atoms with Gasteiger partial charge in [-0.1, -0.05) is 84.9 Å². The molecule has 51 heavy (non-hydrogen) atoms. The van der Waals surface area contributed by atoms with Crippen LogP contribution in [0.25, 0.3) is 44.3 Å². The number of H-pyrrole nitrogens is 1. The number of nitrogens with one attached hydrogen (secondary N) is 3. The van der Waals surface area contributed by atoms with E-state index in [-0.39, 0.29) is 18.3 Å². The van der Waals surface area contributed by atoms with Crippen LogP contribution in [0.5, 0.6) is 0 Å². The third-order valence-corrected chi connectivity index (χ3v) is 8.40. The van der Waals surface area contributed by atoms with Crippen LogP contribution in [0, 0.1) is 0 Å². The van der Waals surface area contributed by atoms with E-state index in [2.05, 4.69) is 15.6 Å². The van der Waals surface area contributed by atoms with Gasteiger partial charge < -0.3 is 29.5 Å². The smallest absolute Gasteiger partial charge is 0.408 e. The molecule has 0 saturated carbocycles. The van der Waals surface area contributed by atoms with Crippen molar-refractivity contribution in [3.8, 4) is 22.5 Å². The second-order valence-electron chi connectivity index (χ2n) is 13.2. The highest BCUT2D eigenvalue weighted by atomic mass is 16.6. The Morgan fingerprint density at radius 1 is 0.784 bits per heavy atom. The second-order valence-corrected chi connectivity index (χ2v) is 13.2. The van der Waals surface area contributed by atoms with Crippen molar-refractivity contribution in [3.05, 3.63) is 131 Å². The number of rotatable bonds is 10. The Balaban J connectivity index is 1.35. The number of aromatic nitrogens is 1. The van der Waals surface area contributed by atoms with E-state index in [1.165, 1.54) is 7.11 Å². The van der Waals surface area contributed by atoms with E-state index in [9.17, 15) is 19.2 Å². The maximum atomic E-state index is 14.2. The molecule has 0 bridgehead atoms. The first-order chi connectivity index (χ1) is 24.5. The zero-order valence-electron chi connectivity index (χ0n) is 28.8. The van der Waals surface area contributed by atoms with Crippen molar-refractivity contribution in [2.45, 2.75) is 51.3 Å². The summed E-state index contributed by atoms with van der Waals surface area (Å²) in [6.07, 6.45) is 1.09. The molecule has 2 amide bonds. The van der Waals surface area contributed by atoms with Gasteiger partial charge in [0.1, 0.15) is 29.0 Å². The largest absolute Gasteiger partial charge is 0.467 e. The van der Waals surface area contributed by atoms with Gasteiger partial charge in [0.05, 0.1) is 18.1 Å². The number of methoxy groups -OCH3 is 1. The summed E-state index contributed by atoms with van der Waals surface area (Å²) in [4.78, 5) is 57.4. The maximum absolute atomic E-state index is 14.2. The SMILES string of the molecule is COC(=O)[C@H](Cc1c[nH]c2ccccc12)NC(=O)[C@H](Cc1ccc2oc(-c3ccccc3)c(-c3ccccc3)c(=O)c2c1)NC(=O)OC(C)(C)C. The van der Waals surface area contributed by atoms with Crippen LogP contribution in [-0.4, -0.2) is 47.7 Å². The van der Waals surface area contributed by atoms with E-state index in [1.807, 2.05) is 84.9 Å². The van der Waals surface area contributed by atoms with Gasteiger partial charge in [0.25, 0.3) is 0 Å². The summed E-state index contributed by atoms with van der Waals surface area (Å²) in [6, 6.07) is 29.2. The molecule has 2 aromatic heterocycles. The number of carbonyl (C=O) groups excluding carboxylic acids is 3. The second kappa shape index (κ2) is 14.8. The zero-order valence-corrected chi connectivity index (χ0v) is 28.8. The molecule has 0 saturated heterocycles. The van der Waals surface area contributed by atoms with Crippen LogP contribution in [0.15, 0.2) is 119 Å². The van der Waals surface area contributed by atoms with Gasteiger partial charge in [-0.25, -0.2) is 9.59 Å². The molecule has 0 radical (unpaired) electrons. The molecular weight excluding hydrogens is 646 g/mol. The van der Waals surface area contributed by atoms with Crippen molar-refractivity contribution in [3.63, 3.8) is 0 Å². The fourth-order valence-corrected chi connectivity index (χ4v) is 6.05. The summed E-state index contributed by atoms with van der Waals surface area (Å²) in [5.41, 5.74) is 3.43. The number of hydrogen-bond acceptors (Lipinski definition) is 7. The first kappa shape index (κ1) is 34.7. The molecule has 0 aliphatic heterocycles. The van der Waals surface area contributed by atoms with Crippen LogP contribution in [-0.2, 0) is 31.9 Å². The predicted octanol–water partition coefficient (Wildman–Crippen LogP) is 6.94. The van der Waals surface area contributed by atoms with Gasteiger partial charge in [-0.3, -0.25) is 9.59 Å². The molecule has 260 valence electrons. The Morgan fingerprint density at radius 3 is 2.14 bits per heavy atom. The Morgan fingerprint density at radius 2 is 1.45 bits per heavy atom. The van der Waals surface area contributed by atoms with Crippen LogP contribution in [0.1, 0.15) is 31.9 Å². The number of para-hydroxylation sites is 1. The van der Waals surface area contributed by atoms with Gasteiger partial charge in [0.15, 0.2) is 0 Å². The Bertz CT molecular complexity index is 2250. The number of alkyl carbamates (subject to hydrolysis) is 1. The molecule has 3 N–H and O–H groups in total. The molecule has 0 aliphatic rings. The van der Waals surface area contributed by atoms with E-state index in [0.717, 1.165) is 22.0 Å². The quantitative estimate of drug-likeness (QED) is 0.133. The van der Waals surface area contributed by atoms with Crippen LogP contribution in [0.3, 0.4) is 0 Å². The minimum Gasteiger partial charge on any atom is -0.467 e. The molecule has 2 heterocycles. The number of fused-ring (bicyclic) bond motifs is 2. The Hall–Kier alpha value is -6.16. The predicted molar refractivity (Wildman–Crippen MR) is 196 cm³/mol. The summed E-state index contributed by atoms with van der Waals surface area (Å²) in [5, 5.41) is 6.68. The number of benzene rings is 4. The minimum atomic E-state index is -1.18. The van der Waals surface area contributed by atoms with Gasteiger partial charge >= 0.3 is 12.1 Å². The van der Waals surface area contributed by atoms with Gasteiger partial charge in [0.2, 0.25) is 11.3 Å². The van der Waals surface area contributed by atoms with Gasteiger partial charge in [-0.05, 0) is 55.7 Å². The van der Waals surface area contributed by atoms with Gasteiger partial charge in [0, 0.05) is 35.5 Å². The van der Waals surface area contributed by atoms with E-state index in [0.29, 0.717) is 33.4 Å². The van der Waals surface area contributed by atoms with E-state index >= 15 is 0 Å². The number of amides is 2. The van der Waals surface area contributed by atoms with Crippen molar-refractivity contribution in [1.82, 2.24) is 15.6 Å². The third kappa shape index (κ3) is 8.02. The summed E-state index contributed by atoms with van der Waals surface area (Å²) >= 11 is 0. The van der Waals surface area contributed by atoms with Crippen LogP contribution >= 0.6 is 0 Å². The molecule has 0 aliphatic carbocycles. The number of esters is 1. The highest BCUT2D eigenvalue weighted by Gasteiger charge is 2.30. The number of carbonyl (C=O) groups is 3. The summed E-state index contributed by atoms with van der Waals surface area (Å²) < 4.78 is 16.9. The monoisotopic (exact) mass is 685 g/mol. The van der Waals surface area contributed by atoms with Crippen molar-refractivity contribution >= 4 is 39.8 Å². The first-order valence-electron chi connectivity index (χ1n) is 16.6. The third-order valence-electron chi connectivity index (χ3n) is 8.40. The van der Waals surface area contributed by atoms with Crippen molar-refractivity contribution in [2.24, 2.45) is 0 Å². The van der Waals surface area contributed by atoms with E-state index in [1.54, 1.807) is 45.2 Å². The molecule has 6 rings (SSSR count). The Kier molecular flexibility index (Phi) is 10.0. The normalized spacial score (nSPS) is 12.6. The minimum absolute atomic E-state index is 0.0253. The van der Waals surface area contributed by atoms with Crippen LogP contribution < -0.4 is 16.1 Å². The fourth-order valence-electron chi connectivity index (χ4n) is 6.05. The average molecular weight is 686 g/mol. The molecule has 0 spiro atoms. The number of ether oxygens (including phenoxy) is 2. The molecule has 10 heteroatoms. The first-order valence-corrected chi connectivity index (χ1v) is 16.6. The lowest BCUT2D eigenvalue weighted by molar-refractivity contribution is -0.145. The number of hydrogen-bond donors (Lipinski definition) is 3. The molecule has 0 fully saturated rings. The van der Waals surface area contributed by atoms with Gasteiger partial charge in [-0.2, -0.15) is 0 Å². The van der Waals surface area contributed by atoms with Crippen LogP contribution in [0.4, 0.5) is 4.79 Å². The highest BCUT2D eigenvalue weighted by molar-refractivity contribution is 5.92. The zero-order chi connectivity index (χ0) is 36.1. The van der Waals surface area contributed by atoms with Crippen molar-refractivity contribution in [2.75, 3.05) is 7.11 Å². The summed E-state index contributed by atoms with van der Waals surface area (Å²) in [5.74, 6) is -0.830. The fraction of sp³-hybridized carbons (Fsp3) is 0.220. The van der Waals surface area contributed by atoms with Gasteiger partial charge in [-0.15, -0.1) is 0 Å². The molecule has 0 unspecified atom stereocenters. The highest BCUT2D eigenvalue weighted by Crippen LogP contribution is 2.33. The summed E-state index contributed by atoms with van der Waals surface area (Å²) in [6.45, 7) is 5.15. The lowest BCUT2D eigenvalue weighted by Crippen LogP contribution is -2.53.